The Morgan fingerprint density at radius 1 is 1.44 bits per heavy atom. The van der Waals surface area contributed by atoms with Crippen LogP contribution < -0.4 is 10.5 Å². The summed E-state index contributed by atoms with van der Waals surface area (Å²) in [5.74, 6) is 0.803. The summed E-state index contributed by atoms with van der Waals surface area (Å²) in [5, 5.41) is 0.684. The van der Waals surface area contributed by atoms with Gasteiger partial charge >= 0.3 is 0 Å². The second-order valence-electron chi connectivity index (χ2n) is 4.20. The number of methoxy groups -OCH3 is 1. The maximum absolute atomic E-state index is 6.19. The minimum absolute atomic E-state index is 0.152. The molecule has 1 aromatic carbocycles. The molecule has 1 aromatic rings. The van der Waals surface area contributed by atoms with Crippen molar-refractivity contribution in [3.05, 3.63) is 28.3 Å². The molecule has 3 heteroatoms. The topological polar surface area (TPSA) is 35.2 Å². The smallest absolute Gasteiger partial charge is 0.140 e. The molecule has 2 N–H and O–H groups in total. The van der Waals surface area contributed by atoms with E-state index in [0.717, 1.165) is 25.0 Å². The zero-order valence-electron chi connectivity index (χ0n) is 10.2. The van der Waals surface area contributed by atoms with Gasteiger partial charge in [0.05, 0.1) is 12.1 Å². The van der Waals surface area contributed by atoms with E-state index in [9.17, 15) is 0 Å². The second kappa shape index (κ2) is 6.12. The van der Waals surface area contributed by atoms with E-state index < -0.39 is 0 Å². The van der Waals surface area contributed by atoms with Crippen molar-refractivity contribution in [1.82, 2.24) is 0 Å². The van der Waals surface area contributed by atoms with Gasteiger partial charge in [0.2, 0.25) is 0 Å². The highest BCUT2D eigenvalue weighted by Crippen LogP contribution is 2.31. The van der Waals surface area contributed by atoms with E-state index in [0.29, 0.717) is 5.02 Å². The largest absolute Gasteiger partial charge is 0.495 e. The molecule has 2 nitrogen and oxygen atoms in total. The first-order valence-corrected chi connectivity index (χ1v) is 6.07. The number of hydrogen-bond acceptors (Lipinski definition) is 2. The minimum Gasteiger partial charge on any atom is -0.495 e. The Bertz CT molecular complexity index is 350. The third-order valence-corrected chi connectivity index (χ3v) is 2.74. The standard InChI is InChI=1S/C13H20ClNO/c1-4-5-11-7-10(6-9(2)15)8-12(14)13(11)16-3/h7-9H,4-6,15H2,1-3H3. The van der Waals surface area contributed by atoms with E-state index in [2.05, 4.69) is 13.0 Å². The predicted octanol–water partition coefficient (Wildman–Crippen LogP) is 3.19. The van der Waals surface area contributed by atoms with Crippen molar-refractivity contribution in [3.8, 4) is 5.75 Å². The lowest BCUT2D eigenvalue weighted by molar-refractivity contribution is 0.409. The summed E-state index contributed by atoms with van der Waals surface area (Å²) < 4.78 is 5.33. The van der Waals surface area contributed by atoms with Gasteiger partial charge in [0.25, 0.3) is 0 Å². The highest BCUT2D eigenvalue weighted by molar-refractivity contribution is 6.32. The maximum atomic E-state index is 6.19. The van der Waals surface area contributed by atoms with E-state index in [1.807, 2.05) is 13.0 Å². The number of benzene rings is 1. The second-order valence-corrected chi connectivity index (χ2v) is 4.61. The van der Waals surface area contributed by atoms with Crippen LogP contribution in [0.25, 0.3) is 0 Å². The molecule has 0 radical (unpaired) electrons. The molecule has 90 valence electrons. The molecule has 0 aliphatic heterocycles. The zero-order valence-corrected chi connectivity index (χ0v) is 11.0. The Hall–Kier alpha value is -0.730. The summed E-state index contributed by atoms with van der Waals surface area (Å²) in [6, 6.07) is 4.25. The lowest BCUT2D eigenvalue weighted by Gasteiger charge is -2.13. The van der Waals surface area contributed by atoms with Crippen LogP contribution in [0.2, 0.25) is 5.02 Å². The number of hydrogen-bond donors (Lipinski definition) is 1. The summed E-state index contributed by atoms with van der Waals surface area (Å²) >= 11 is 6.19. The third kappa shape index (κ3) is 3.39. The predicted molar refractivity (Wildman–Crippen MR) is 69.4 cm³/mol. The van der Waals surface area contributed by atoms with Crippen molar-refractivity contribution in [2.45, 2.75) is 39.2 Å². The molecule has 1 unspecified atom stereocenters. The van der Waals surface area contributed by atoms with Gasteiger partial charge in [0, 0.05) is 6.04 Å². The summed E-state index contributed by atoms with van der Waals surface area (Å²) in [6.07, 6.45) is 2.91. The Morgan fingerprint density at radius 3 is 2.62 bits per heavy atom. The number of nitrogens with two attached hydrogens (primary N) is 1. The van der Waals surface area contributed by atoms with E-state index >= 15 is 0 Å². The quantitative estimate of drug-likeness (QED) is 0.859. The van der Waals surface area contributed by atoms with Crippen LogP contribution in [0.1, 0.15) is 31.4 Å². The molecule has 0 saturated carbocycles. The first kappa shape index (κ1) is 13.3. The van der Waals surface area contributed by atoms with Crippen molar-refractivity contribution < 1.29 is 4.74 Å². The maximum Gasteiger partial charge on any atom is 0.140 e. The number of ether oxygens (including phenoxy) is 1. The van der Waals surface area contributed by atoms with Gasteiger partial charge in [0.15, 0.2) is 0 Å². The lowest BCUT2D eigenvalue weighted by atomic mass is 10.0. The van der Waals surface area contributed by atoms with E-state index in [4.69, 9.17) is 22.1 Å². The molecule has 0 amide bonds. The average Bonchev–Trinajstić information content (AvgIpc) is 2.16. The summed E-state index contributed by atoms with van der Waals surface area (Å²) in [4.78, 5) is 0. The molecule has 1 rings (SSSR count). The van der Waals surface area contributed by atoms with Crippen LogP contribution in [0.3, 0.4) is 0 Å². The van der Waals surface area contributed by atoms with Crippen LogP contribution in [0.5, 0.6) is 5.75 Å². The van der Waals surface area contributed by atoms with Crippen LogP contribution in [0.15, 0.2) is 12.1 Å². The van der Waals surface area contributed by atoms with Gasteiger partial charge in [-0.3, -0.25) is 0 Å². The van der Waals surface area contributed by atoms with Gasteiger partial charge in [0.1, 0.15) is 5.75 Å². The molecular weight excluding hydrogens is 222 g/mol. The summed E-state index contributed by atoms with van der Waals surface area (Å²) in [6.45, 7) is 4.14. The van der Waals surface area contributed by atoms with Gasteiger partial charge in [-0.1, -0.05) is 31.0 Å². The van der Waals surface area contributed by atoms with Crippen molar-refractivity contribution in [1.29, 1.82) is 0 Å². The van der Waals surface area contributed by atoms with Crippen LogP contribution in [0, 0.1) is 0 Å². The van der Waals surface area contributed by atoms with Gasteiger partial charge < -0.3 is 10.5 Å². The van der Waals surface area contributed by atoms with E-state index in [1.54, 1.807) is 7.11 Å². The van der Waals surface area contributed by atoms with Crippen molar-refractivity contribution in [2.75, 3.05) is 7.11 Å². The monoisotopic (exact) mass is 241 g/mol. The fourth-order valence-corrected chi connectivity index (χ4v) is 2.22. The molecule has 0 fully saturated rings. The van der Waals surface area contributed by atoms with E-state index in [1.165, 1.54) is 11.1 Å². The molecular formula is C13H20ClNO. The fourth-order valence-electron chi connectivity index (χ4n) is 1.89. The molecule has 0 aromatic heterocycles. The van der Waals surface area contributed by atoms with Gasteiger partial charge in [-0.05, 0) is 37.0 Å². The van der Waals surface area contributed by atoms with Crippen LogP contribution in [-0.4, -0.2) is 13.2 Å². The third-order valence-electron chi connectivity index (χ3n) is 2.46. The Balaban J connectivity index is 3.06. The zero-order chi connectivity index (χ0) is 12.1. The number of aryl methyl sites for hydroxylation is 1. The molecule has 0 spiro atoms. The normalized spacial score (nSPS) is 12.6. The van der Waals surface area contributed by atoms with Gasteiger partial charge in [-0.2, -0.15) is 0 Å². The molecule has 0 saturated heterocycles. The Kier molecular flexibility index (Phi) is 5.10. The SMILES string of the molecule is CCCc1cc(CC(C)N)cc(Cl)c1OC. The molecule has 0 aliphatic rings. The fraction of sp³-hybridized carbons (Fsp3) is 0.538. The van der Waals surface area contributed by atoms with Crippen molar-refractivity contribution in [2.24, 2.45) is 5.73 Å². The van der Waals surface area contributed by atoms with Crippen LogP contribution >= 0.6 is 11.6 Å². The van der Waals surface area contributed by atoms with Gasteiger partial charge in [-0.15, -0.1) is 0 Å². The summed E-state index contributed by atoms with van der Waals surface area (Å²) in [7, 11) is 1.66. The lowest BCUT2D eigenvalue weighted by Crippen LogP contribution is -2.17. The first-order chi connectivity index (χ1) is 7.58. The molecule has 0 heterocycles. The Labute approximate surface area is 103 Å². The molecule has 1 atom stereocenters. The number of rotatable bonds is 5. The Morgan fingerprint density at radius 2 is 2.12 bits per heavy atom. The van der Waals surface area contributed by atoms with Crippen LogP contribution in [-0.2, 0) is 12.8 Å². The van der Waals surface area contributed by atoms with Gasteiger partial charge in [-0.25, -0.2) is 0 Å². The molecule has 0 aliphatic carbocycles. The van der Waals surface area contributed by atoms with Crippen molar-refractivity contribution in [3.63, 3.8) is 0 Å². The van der Waals surface area contributed by atoms with E-state index in [-0.39, 0.29) is 6.04 Å². The van der Waals surface area contributed by atoms with Crippen LogP contribution in [0.4, 0.5) is 0 Å². The van der Waals surface area contributed by atoms with Crippen molar-refractivity contribution >= 4 is 11.6 Å². The summed E-state index contributed by atoms with van der Waals surface area (Å²) in [5.41, 5.74) is 8.15. The highest BCUT2D eigenvalue weighted by atomic mass is 35.5. The molecule has 16 heavy (non-hydrogen) atoms. The average molecular weight is 242 g/mol. The highest BCUT2D eigenvalue weighted by Gasteiger charge is 2.10. The molecule has 0 bridgehead atoms. The minimum atomic E-state index is 0.152. The number of halogens is 1. The first-order valence-electron chi connectivity index (χ1n) is 5.69.